The van der Waals surface area contributed by atoms with Gasteiger partial charge in [-0.25, -0.2) is 0 Å². The topological polar surface area (TPSA) is 35.1 Å². The summed E-state index contributed by atoms with van der Waals surface area (Å²) in [7, 11) is 0. The SMILES string of the molecule is C1=CC2CC3(C1)O[NH2+]OCCCCCCC23.[Br-]. The molecule has 1 saturated heterocycles. The maximum atomic E-state index is 5.93. The van der Waals surface area contributed by atoms with Crippen LogP contribution in [0.2, 0.25) is 0 Å². The van der Waals surface area contributed by atoms with E-state index in [2.05, 4.69) is 12.2 Å². The van der Waals surface area contributed by atoms with Crippen molar-refractivity contribution in [3.05, 3.63) is 12.2 Å². The minimum Gasteiger partial charge on any atom is -1.00 e. The normalized spacial score (nSPS) is 41.4. The number of halogens is 1. The molecule has 17 heavy (non-hydrogen) atoms. The third kappa shape index (κ3) is 2.60. The molecule has 98 valence electrons. The number of hydrogen-bond donors (Lipinski definition) is 1. The molecule has 1 saturated carbocycles. The van der Waals surface area contributed by atoms with E-state index in [1.807, 2.05) is 0 Å². The molecule has 3 atom stereocenters. The number of fused-ring (bicyclic) bond motifs is 1. The maximum absolute atomic E-state index is 5.93. The molecule has 4 aliphatic rings. The van der Waals surface area contributed by atoms with E-state index < -0.39 is 0 Å². The van der Waals surface area contributed by atoms with Crippen LogP contribution in [0.1, 0.15) is 44.9 Å². The van der Waals surface area contributed by atoms with Gasteiger partial charge in [-0.15, -0.1) is 0 Å². The van der Waals surface area contributed by atoms with Gasteiger partial charge in [0.05, 0.1) is 0 Å². The first-order valence-electron chi connectivity index (χ1n) is 6.68. The van der Waals surface area contributed by atoms with Crippen molar-refractivity contribution >= 4 is 0 Å². The van der Waals surface area contributed by atoms with Gasteiger partial charge in [0, 0.05) is 12.3 Å². The van der Waals surface area contributed by atoms with Crippen molar-refractivity contribution in [1.82, 2.24) is 0 Å². The smallest absolute Gasteiger partial charge is 0.138 e. The zero-order chi connectivity index (χ0) is 10.8. The monoisotopic (exact) mass is 303 g/mol. The molecule has 2 fully saturated rings. The lowest BCUT2D eigenvalue weighted by Crippen LogP contribution is -3.00. The zero-order valence-corrected chi connectivity index (χ0v) is 11.8. The first-order valence-corrected chi connectivity index (χ1v) is 6.68. The quantitative estimate of drug-likeness (QED) is 0.566. The van der Waals surface area contributed by atoms with E-state index >= 15 is 0 Å². The fraction of sp³-hybridized carbons (Fsp3) is 0.846. The van der Waals surface area contributed by atoms with Gasteiger partial charge in [0.15, 0.2) is 0 Å². The minimum atomic E-state index is 0. The van der Waals surface area contributed by atoms with Crippen LogP contribution in [0, 0.1) is 11.8 Å². The fourth-order valence-corrected chi connectivity index (χ4v) is 3.54. The van der Waals surface area contributed by atoms with Crippen LogP contribution >= 0.6 is 0 Å². The molecule has 3 aliphatic carbocycles. The molecule has 3 nitrogen and oxygen atoms in total. The third-order valence-electron chi connectivity index (χ3n) is 4.50. The Kier molecular flexibility index (Phi) is 4.64. The Bertz CT molecular complexity index is 285. The fourth-order valence-electron chi connectivity index (χ4n) is 3.54. The Morgan fingerprint density at radius 3 is 2.94 bits per heavy atom. The van der Waals surface area contributed by atoms with Gasteiger partial charge < -0.3 is 17.0 Å². The van der Waals surface area contributed by atoms with Crippen molar-refractivity contribution in [1.29, 1.82) is 0 Å². The van der Waals surface area contributed by atoms with Crippen LogP contribution in [-0.2, 0) is 9.68 Å². The van der Waals surface area contributed by atoms with Crippen molar-refractivity contribution in [2.45, 2.75) is 50.5 Å². The van der Waals surface area contributed by atoms with E-state index in [0.29, 0.717) is 0 Å². The van der Waals surface area contributed by atoms with Gasteiger partial charge >= 0.3 is 0 Å². The number of nitrogens with two attached hydrogens (primary N) is 1. The van der Waals surface area contributed by atoms with Crippen molar-refractivity contribution in [3.63, 3.8) is 0 Å². The van der Waals surface area contributed by atoms with Crippen molar-refractivity contribution in [2.24, 2.45) is 11.8 Å². The summed E-state index contributed by atoms with van der Waals surface area (Å²) in [6.45, 7) is 0.819. The molecule has 4 rings (SSSR count). The second kappa shape index (κ2) is 5.83. The minimum absolute atomic E-state index is 0. The summed E-state index contributed by atoms with van der Waals surface area (Å²) in [6, 6.07) is 0. The highest BCUT2D eigenvalue weighted by Gasteiger charge is 2.57. The average molecular weight is 304 g/mol. The van der Waals surface area contributed by atoms with Gasteiger partial charge in [0.1, 0.15) is 12.2 Å². The molecule has 0 aromatic rings. The second-order valence-corrected chi connectivity index (χ2v) is 5.46. The Morgan fingerprint density at radius 1 is 1.18 bits per heavy atom. The van der Waals surface area contributed by atoms with E-state index in [-0.39, 0.29) is 22.6 Å². The Balaban J connectivity index is 0.00000108. The molecule has 4 heteroatoms. The Morgan fingerprint density at radius 2 is 2.06 bits per heavy atom. The van der Waals surface area contributed by atoms with E-state index in [9.17, 15) is 0 Å². The first-order chi connectivity index (χ1) is 7.91. The van der Waals surface area contributed by atoms with E-state index in [1.54, 1.807) is 5.64 Å². The summed E-state index contributed by atoms with van der Waals surface area (Å²) in [5.41, 5.74) is 1.72. The Labute approximate surface area is 114 Å². The van der Waals surface area contributed by atoms with Gasteiger partial charge in [0.2, 0.25) is 0 Å². The molecule has 2 N–H and O–H groups in total. The third-order valence-corrected chi connectivity index (χ3v) is 4.50. The van der Waals surface area contributed by atoms with E-state index in [4.69, 9.17) is 9.68 Å². The van der Waals surface area contributed by atoms with Crippen LogP contribution in [0.3, 0.4) is 0 Å². The summed E-state index contributed by atoms with van der Waals surface area (Å²) >= 11 is 0. The van der Waals surface area contributed by atoms with Gasteiger partial charge in [0.25, 0.3) is 0 Å². The van der Waals surface area contributed by atoms with Crippen LogP contribution in [0.15, 0.2) is 12.2 Å². The summed E-state index contributed by atoms with van der Waals surface area (Å²) in [6.07, 6.45) is 13.5. The summed E-state index contributed by atoms with van der Waals surface area (Å²) in [5.74, 6) is 1.53. The van der Waals surface area contributed by atoms with Crippen molar-refractivity contribution < 1.29 is 32.3 Å². The number of hydrogen-bond acceptors (Lipinski definition) is 2. The lowest BCUT2D eigenvalue weighted by molar-refractivity contribution is -1.08. The van der Waals surface area contributed by atoms with Crippen molar-refractivity contribution in [2.75, 3.05) is 6.61 Å². The van der Waals surface area contributed by atoms with Crippen LogP contribution in [0.4, 0.5) is 0 Å². The molecule has 1 heterocycles. The van der Waals surface area contributed by atoms with Crippen LogP contribution in [-0.4, -0.2) is 12.2 Å². The molecule has 0 radical (unpaired) electrons. The van der Waals surface area contributed by atoms with E-state index in [1.165, 1.54) is 38.5 Å². The molecule has 0 aromatic heterocycles. The molecule has 2 bridgehead atoms. The van der Waals surface area contributed by atoms with Gasteiger partial charge in [-0.05, 0) is 25.2 Å². The summed E-state index contributed by atoms with van der Waals surface area (Å²) in [5, 5.41) is 0. The van der Waals surface area contributed by atoms with Gasteiger partial charge in [-0.2, -0.15) is 9.68 Å². The summed E-state index contributed by atoms with van der Waals surface area (Å²) < 4.78 is 0. The summed E-state index contributed by atoms with van der Waals surface area (Å²) in [4.78, 5) is 11.4. The van der Waals surface area contributed by atoms with Crippen LogP contribution < -0.4 is 22.6 Å². The number of quaternary nitrogens is 1. The van der Waals surface area contributed by atoms with Crippen LogP contribution in [0.25, 0.3) is 0 Å². The lowest BCUT2D eigenvalue weighted by atomic mass is 9.55. The van der Waals surface area contributed by atoms with Gasteiger partial charge in [-0.1, -0.05) is 37.1 Å². The number of rotatable bonds is 0. The zero-order valence-electron chi connectivity index (χ0n) is 10.2. The molecule has 0 amide bonds. The largest absolute Gasteiger partial charge is 1.00 e. The molecule has 1 aliphatic heterocycles. The molecule has 3 unspecified atom stereocenters. The van der Waals surface area contributed by atoms with E-state index in [0.717, 1.165) is 24.9 Å². The molecular formula is C13H22BrNO2. The van der Waals surface area contributed by atoms with Crippen molar-refractivity contribution in [3.8, 4) is 0 Å². The first kappa shape index (κ1) is 13.5. The highest BCUT2D eigenvalue weighted by Crippen LogP contribution is 2.54. The van der Waals surface area contributed by atoms with Gasteiger partial charge in [-0.3, -0.25) is 0 Å². The van der Waals surface area contributed by atoms with Crippen LogP contribution in [0.5, 0.6) is 0 Å². The standard InChI is InChI=1S/C13H22NO2.BrH/c1-2-4-9-15-14-16-13-8-5-6-11(10-13)12(13)7-3-1;/h5-6,11-12H,1-4,7-10,14H2;1H/q+1;/p-1. The lowest BCUT2D eigenvalue weighted by Gasteiger charge is -2.53. The molecule has 1 spiro atoms. The molecular weight excluding hydrogens is 282 g/mol. The maximum Gasteiger partial charge on any atom is 0.138 e. The number of allylic oxidation sites excluding steroid dienone is 1. The predicted molar refractivity (Wildman–Crippen MR) is 60.1 cm³/mol. The highest BCUT2D eigenvalue weighted by molar-refractivity contribution is 5.17. The average Bonchev–Trinajstić information content (AvgIpc) is 2.34. The highest BCUT2D eigenvalue weighted by atomic mass is 79.9. The predicted octanol–water partition coefficient (Wildman–Crippen LogP) is -1.28. The molecule has 0 aromatic carbocycles. The Hall–Kier alpha value is 0.100. The second-order valence-electron chi connectivity index (χ2n) is 5.46.